The van der Waals surface area contributed by atoms with Gasteiger partial charge in [-0.05, 0) is 0 Å². The summed E-state index contributed by atoms with van der Waals surface area (Å²) in [7, 11) is 0. The van der Waals surface area contributed by atoms with Gasteiger partial charge in [0.25, 0.3) is 0 Å². The summed E-state index contributed by atoms with van der Waals surface area (Å²) in [5.74, 6) is 0. The van der Waals surface area contributed by atoms with Crippen LogP contribution in [0.1, 0.15) is 37.8 Å². The Morgan fingerprint density at radius 3 is 1.39 bits per heavy atom. The second kappa shape index (κ2) is 10.5. The minimum Gasteiger partial charge on any atom is -0.147 e. The smallest absolute Gasteiger partial charge is 0.147 e. The van der Waals surface area contributed by atoms with E-state index in [0.29, 0.717) is 0 Å². The number of allylic oxidation sites excluding steroid dienone is 8. The number of benzene rings is 2. The van der Waals surface area contributed by atoms with E-state index in [1.54, 1.807) is 9.77 Å². The molecule has 0 aromatic heterocycles. The molecular weight excluding hydrogens is 462 g/mol. The van der Waals surface area contributed by atoms with Crippen LogP contribution in [0.4, 0.5) is 0 Å². The fraction of sp³-hybridized carbons (Fsp3) is 0.160. The number of rotatable bonds is 4. The zero-order valence-electron chi connectivity index (χ0n) is 16.3. The molecule has 0 amide bonds. The van der Waals surface area contributed by atoms with Crippen LogP contribution in [-0.4, -0.2) is 3.21 Å². The molecule has 0 atom stereocenters. The summed E-state index contributed by atoms with van der Waals surface area (Å²) in [6, 6.07) is 21.6. The van der Waals surface area contributed by atoms with Gasteiger partial charge in [0.05, 0.1) is 0 Å². The van der Waals surface area contributed by atoms with Crippen LogP contribution in [0.2, 0.25) is 0 Å². The molecule has 28 heavy (non-hydrogen) atoms. The van der Waals surface area contributed by atoms with E-state index in [1.165, 1.54) is 22.3 Å². The SMILES string of the molecule is C[C](C)=[Zr]([C]1=CC(c2ccccc2)=CC1)[C]1=CC(c2ccccc2)=CC1.Cl.Cl. The summed E-state index contributed by atoms with van der Waals surface area (Å²) in [5.41, 5.74) is 5.52. The van der Waals surface area contributed by atoms with Gasteiger partial charge in [-0.15, -0.1) is 24.8 Å². The van der Waals surface area contributed by atoms with E-state index in [4.69, 9.17) is 0 Å². The third kappa shape index (κ3) is 5.01. The van der Waals surface area contributed by atoms with E-state index in [-0.39, 0.29) is 24.8 Å². The maximum atomic E-state index is 2.50. The van der Waals surface area contributed by atoms with Gasteiger partial charge in [0, 0.05) is 0 Å². The van der Waals surface area contributed by atoms with Gasteiger partial charge in [-0.2, -0.15) is 0 Å². The summed E-state index contributed by atoms with van der Waals surface area (Å²) in [6.07, 6.45) is 12.1. The van der Waals surface area contributed by atoms with Crippen molar-refractivity contribution in [2.24, 2.45) is 0 Å². The minimum absolute atomic E-state index is 0. The predicted molar refractivity (Wildman–Crippen MR) is 125 cm³/mol. The first-order valence-corrected chi connectivity index (χ1v) is 13.0. The van der Waals surface area contributed by atoms with Gasteiger partial charge in [0.15, 0.2) is 0 Å². The van der Waals surface area contributed by atoms with Crippen LogP contribution in [0.5, 0.6) is 0 Å². The molecule has 3 heteroatoms. The maximum absolute atomic E-state index is 2.50. The van der Waals surface area contributed by atoms with Crippen LogP contribution in [0.15, 0.2) is 91.5 Å². The van der Waals surface area contributed by atoms with Crippen molar-refractivity contribution in [1.82, 2.24) is 0 Å². The molecule has 0 nitrogen and oxygen atoms in total. The van der Waals surface area contributed by atoms with Gasteiger partial charge in [-0.3, -0.25) is 0 Å². The molecule has 2 aromatic rings. The average Bonchev–Trinajstić information content (AvgIpc) is 3.34. The number of hydrogen-bond donors (Lipinski definition) is 0. The van der Waals surface area contributed by atoms with Crippen LogP contribution in [0.25, 0.3) is 11.1 Å². The second-order valence-corrected chi connectivity index (χ2v) is 14.6. The second-order valence-electron chi connectivity index (χ2n) is 7.17. The average molecular weight is 489 g/mol. The van der Waals surface area contributed by atoms with Gasteiger partial charge in [-0.25, -0.2) is 0 Å². The van der Waals surface area contributed by atoms with Gasteiger partial charge in [0.2, 0.25) is 0 Å². The summed E-state index contributed by atoms with van der Waals surface area (Å²) >= 11 is -1.89. The predicted octanol–water partition coefficient (Wildman–Crippen LogP) is 7.40. The summed E-state index contributed by atoms with van der Waals surface area (Å²) in [6.45, 7) is 4.72. The van der Waals surface area contributed by atoms with E-state index in [0.717, 1.165) is 12.8 Å². The fourth-order valence-electron chi connectivity index (χ4n) is 3.91. The summed E-state index contributed by atoms with van der Waals surface area (Å²) < 4.78 is 5.12. The molecule has 144 valence electrons. The van der Waals surface area contributed by atoms with Gasteiger partial charge >= 0.3 is 165 Å². The molecule has 0 saturated heterocycles. The first-order valence-electron chi connectivity index (χ1n) is 9.33. The third-order valence-electron chi connectivity index (χ3n) is 5.10. The van der Waals surface area contributed by atoms with Crippen molar-refractivity contribution in [3.8, 4) is 0 Å². The van der Waals surface area contributed by atoms with Crippen LogP contribution >= 0.6 is 24.8 Å². The topological polar surface area (TPSA) is 0 Å². The Morgan fingerprint density at radius 2 is 1.04 bits per heavy atom. The number of halogens is 2. The molecule has 0 heterocycles. The Balaban J connectivity index is 0.00000140. The normalized spacial score (nSPS) is 14.8. The molecule has 2 aromatic carbocycles. The van der Waals surface area contributed by atoms with Crippen LogP contribution in [0.3, 0.4) is 0 Å². The van der Waals surface area contributed by atoms with Gasteiger partial charge in [0.1, 0.15) is 0 Å². The Hall–Kier alpha value is -1.27. The van der Waals surface area contributed by atoms with E-state index < -0.39 is 21.3 Å². The van der Waals surface area contributed by atoms with Crippen molar-refractivity contribution in [1.29, 1.82) is 0 Å². The number of hydrogen-bond acceptors (Lipinski definition) is 0. The molecule has 4 rings (SSSR count). The molecule has 0 bridgehead atoms. The van der Waals surface area contributed by atoms with Crippen molar-refractivity contribution in [2.45, 2.75) is 26.7 Å². The van der Waals surface area contributed by atoms with Crippen LogP contribution < -0.4 is 0 Å². The minimum atomic E-state index is -1.89. The third-order valence-corrected chi connectivity index (χ3v) is 12.4. The maximum Gasteiger partial charge on any atom is -0.147 e. The molecule has 0 saturated carbocycles. The summed E-state index contributed by atoms with van der Waals surface area (Å²) in [5, 5.41) is 0. The molecule has 0 N–H and O–H groups in total. The zero-order valence-corrected chi connectivity index (χ0v) is 20.4. The fourth-order valence-corrected chi connectivity index (χ4v) is 11.1. The molecule has 0 unspecified atom stereocenters. The largest absolute Gasteiger partial charge is 0.147 e. The van der Waals surface area contributed by atoms with E-state index in [2.05, 4.69) is 98.8 Å². The Morgan fingerprint density at radius 1 is 0.643 bits per heavy atom. The zero-order chi connectivity index (χ0) is 17.9. The Labute approximate surface area is 188 Å². The quantitative estimate of drug-likeness (QED) is 0.421. The first kappa shape index (κ1) is 23.0. The van der Waals surface area contributed by atoms with Crippen molar-refractivity contribution in [3.63, 3.8) is 0 Å². The Kier molecular flexibility index (Phi) is 8.63. The Bertz CT molecular complexity index is 898. The van der Waals surface area contributed by atoms with Crippen molar-refractivity contribution in [2.75, 3.05) is 0 Å². The molecule has 0 spiro atoms. The molecule has 2 aliphatic carbocycles. The van der Waals surface area contributed by atoms with E-state index >= 15 is 0 Å². The molecule has 2 aliphatic rings. The standard InChI is InChI=1S/2C11H9.C3H6.2ClH.Zr/c2*1-2-6-10(7-3-1)11-8-4-5-9-11;1-3-2;;;/h2*1-3,6-9H,4H2;1-2H3;2*1H;. The van der Waals surface area contributed by atoms with Crippen LogP contribution in [-0.2, 0) is 21.3 Å². The van der Waals surface area contributed by atoms with Gasteiger partial charge in [-0.1, -0.05) is 0 Å². The first-order chi connectivity index (χ1) is 12.7. The molecule has 0 fully saturated rings. The van der Waals surface area contributed by atoms with Crippen molar-refractivity contribution in [3.05, 3.63) is 103 Å². The molecular formula is C25H26Cl2Zr. The summed E-state index contributed by atoms with van der Waals surface area (Å²) in [4.78, 5) is 0. The van der Waals surface area contributed by atoms with Gasteiger partial charge < -0.3 is 0 Å². The van der Waals surface area contributed by atoms with Crippen LogP contribution in [0, 0.1) is 0 Å². The van der Waals surface area contributed by atoms with Crippen molar-refractivity contribution < 1.29 is 21.3 Å². The van der Waals surface area contributed by atoms with E-state index in [1.807, 2.05) is 0 Å². The van der Waals surface area contributed by atoms with Crippen molar-refractivity contribution >= 4 is 39.2 Å². The van der Waals surface area contributed by atoms with E-state index in [9.17, 15) is 0 Å². The molecule has 0 radical (unpaired) electrons. The molecule has 0 aliphatic heterocycles. The monoisotopic (exact) mass is 486 g/mol.